The number of methoxy groups -OCH3 is 1. The summed E-state index contributed by atoms with van der Waals surface area (Å²) in [6.07, 6.45) is 0.125. The molecule has 5 nitrogen and oxygen atoms in total. The molecule has 1 saturated heterocycles. The lowest BCUT2D eigenvalue weighted by Gasteiger charge is -2.35. The summed E-state index contributed by atoms with van der Waals surface area (Å²) in [6, 6.07) is 0. The van der Waals surface area contributed by atoms with E-state index in [1.54, 1.807) is 0 Å². The maximum atomic E-state index is 11.5. The Hall–Kier alpha value is -1.65. The summed E-state index contributed by atoms with van der Waals surface area (Å²) in [7, 11) is 1.20. The molecule has 0 aromatic heterocycles. The normalized spacial score (nSPS) is 29.6. The zero-order valence-corrected chi connectivity index (χ0v) is 9.53. The van der Waals surface area contributed by atoms with Crippen LogP contribution in [0.1, 0.15) is 20.3 Å². The fourth-order valence-corrected chi connectivity index (χ4v) is 1.56. The Kier molecular flexibility index (Phi) is 3.16. The van der Waals surface area contributed by atoms with Crippen molar-refractivity contribution in [1.82, 2.24) is 0 Å². The third-order valence-corrected chi connectivity index (χ3v) is 2.78. The largest absolute Gasteiger partial charge is 0.466 e. The zero-order valence-electron chi connectivity index (χ0n) is 9.53. The highest BCUT2D eigenvalue weighted by atomic mass is 16.6. The van der Waals surface area contributed by atoms with Crippen LogP contribution >= 0.6 is 0 Å². The van der Waals surface area contributed by atoms with Crippen molar-refractivity contribution in [2.45, 2.75) is 25.9 Å². The monoisotopic (exact) mass is 226 g/mol. The van der Waals surface area contributed by atoms with E-state index >= 15 is 0 Å². The first-order chi connectivity index (χ1) is 7.32. The van der Waals surface area contributed by atoms with Gasteiger partial charge >= 0.3 is 11.9 Å². The van der Waals surface area contributed by atoms with Gasteiger partial charge in [-0.3, -0.25) is 9.59 Å². The van der Waals surface area contributed by atoms with Gasteiger partial charge in [0, 0.05) is 0 Å². The summed E-state index contributed by atoms with van der Waals surface area (Å²) in [5, 5.41) is 0. The van der Waals surface area contributed by atoms with Gasteiger partial charge in [-0.1, -0.05) is 6.58 Å². The minimum atomic E-state index is -1.47. The first-order valence-electron chi connectivity index (χ1n) is 4.83. The third kappa shape index (κ3) is 1.85. The number of hydrogen-bond acceptors (Lipinski definition) is 5. The van der Waals surface area contributed by atoms with Crippen LogP contribution in [0.3, 0.4) is 0 Å². The topological polar surface area (TPSA) is 69.7 Å². The number of hydrogen-bond donors (Lipinski definition) is 0. The summed E-state index contributed by atoms with van der Waals surface area (Å²) < 4.78 is 9.52. The Labute approximate surface area is 93.4 Å². The Morgan fingerprint density at radius 2 is 2.12 bits per heavy atom. The highest BCUT2D eigenvalue weighted by molar-refractivity contribution is 6.01. The molecule has 1 heterocycles. The first-order valence-corrected chi connectivity index (χ1v) is 4.83. The van der Waals surface area contributed by atoms with E-state index in [1.807, 2.05) is 0 Å². The predicted molar refractivity (Wildman–Crippen MR) is 54.4 cm³/mol. The van der Waals surface area contributed by atoms with Gasteiger partial charge in [-0.05, 0) is 25.8 Å². The van der Waals surface area contributed by atoms with Crippen molar-refractivity contribution in [2.24, 2.45) is 5.92 Å². The SMILES string of the molecule is C=C1CC(C(C)=O)C(=O)OC1(C)C(=O)OC. The zero-order chi connectivity index (χ0) is 12.5. The van der Waals surface area contributed by atoms with E-state index in [1.165, 1.54) is 21.0 Å². The van der Waals surface area contributed by atoms with Gasteiger partial charge in [-0.15, -0.1) is 0 Å². The molecule has 0 spiro atoms. The minimum absolute atomic E-state index is 0.125. The van der Waals surface area contributed by atoms with Gasteiger partial charge in [0.25, 0.3) is 0 Å². The lowest BCUT2D eigenvalue weighted by atomic mass is 9.84. The van der Waals surface area contributed by atoms with Crippen molar-refractivity contribution in [1.29, 1.82) is 0 Å². The maximum Gasteiger partial charge on any atom is 0.354 e. The lowest BCUT2D eigenvalue weighted by molar-refractivity contribution is -0.182. The van der Waals surface area contributed by atoms with Crippen LogP contribution in [0.15, 0.2) is 12.2 Å². The molecule has 1 rings (SSSR count). The number of rotatable bonds is 2. The molecule has 0 saturated carbocycles. The van der Waals surface area contributed by atoms with Gasteiger partial charge in [0.1, 0.15) is 11.7 Å². The van der Waals surface area contributed by atoms with Crippen LogP contribution in [0.2, 0.25) is 0 Å². The third-order valence-electron chi connectivity index (χ3n) is 2.78. The molecule has 2 unspecified atom stereocenters. The van der Waals surface area contributed by atoms with E-state index in [0.717, 1.165) is 0 Å². The molecule has 0 amide bonds. The number of carbonyl (C=O) groups excluding carboxylic acids is 3. The quantitative estimate of drug-likeness (QED) is 0.392. The Morgan fingerprint density at radius 1 is 1.56 bits per heavy atom. The van der Waals surface area contributed by atoms with Crippen molar-refractivity contribution in [3.05, 3.63) is 12.2 Å². The molecule has 1 aliphatic heterocycles. The average Bonchev–Trinajstić information content (AvgIpc) is 2.21. The van der Waals surface area contributed by atoms with Crippen molar-refractivity contribution < 1.29 is 23.9 Å². The predicted octanol–water partition coefficient (Wildman–Crippen LogP) is 0.626. The van der Waals surface area contributed by atoms with Crippen LogP contribution in [-0.2, 0) is 23.9 Å². The van der Waals surface area contributed by atoms with E-state index in [-0.39, 0.29) is 12.2 Å². The number of ketones is 1. The van der Waals surface area contributed by atoms with Crippen LogP contribution in [-0.4, -0.2) is 30.4 Å². The number of cyclic esters (lactones) is 1. The lowest BCUT2D eigenvalue weighted by Crippen LogP contribution is -2.49. The van der Waals surface area contributed by atoms with E-state index in [2.05, 4.69) is 11.3 Å². The molecule has 1 aliphatic rings. The molecular weight excluding hydrogens is 212 g/mol. The fraction of sp³-hybridized carbons (Fsp3) is 0.545. The smallest absolute Gasteiger partial charge is 0.354 e. The molecule has 2 atom stereocenters. The molecule has 16 heavy (non-hydrogen) atoms. The first kappa shape index (κ1) is 12.4. The van der Waals surface area contributed by atoms with Gasteiger partial charge in [0.2, 0.25) is 5.60 Å². The van der Waals surface area contributed by atoms with Crippen LogP contribution in [0, 0.1) is 5.92 Å². The number of carbonyl (C=O) groups is 3. The van der Waals surface area contributed by atoms with Gasteiger partial charge < -0.3 is 9.47 Å². The van der Waals surface area contributed by atoms with Crippen molar-refractivity contribution in [2.75, 3.05) is 7.11 Å². The molecule has 0 aromatic rings. The summed E-state index contributed by atoms with van der Waals surface area (Å²) >= 11 is 0. The number of esters is 2. The van der Waals surface area contributed by atoms with Crippen molar-refractivity contribution in [3.8, 4) is 0 Å². The molecule has 88 valence electrons. The molecule has 5 heteroatoms. The highest BCUT2D eigenvalue weighted by Gasteiger charge is 2.48. The van der Waals surface area contributed by atoms with Crippen LogP contribution in [0.5, 0.6) is 0 Å². The van der Waals surface area contributed by atoms with Gasteiger partial charge in [0.05, 0.1) is 7.11 Å². The molecule has 0 N–H and O–H groups in total. The maximum absolute atomic E-state index is 11.5. The van der Waals surface area contributed by atoms with Crippen LogP contribution in [0.25, 0.3) is 0 Å². The van der Waals surface area contributed by atoms with E-state index < -0.39 is 23.5 Å². The van der Waals surface area contributed by atoms with Gasteiger partial charge in [-0.2, -0.15) is 0 Å². The fourth-order valence-electron chi connectivity index (χ4n) is 1.56. The van der Waals surface area contributed by atoms with Crippen molar-refractivity contribution in [3.63, 3.8) is 0 Å². The molecule has 1 fully saturated rings. The molecule has 0 aliphatic carbocycles. The van der Waals surface area contributed by atoms with Crippen molar-refractivity contribution >= 4 is 17.7 Å². The molecule has 0 bridgehead atoms. The second kappa shape index (κ2) is 4.08. The van der Waals surface area contributed by atoms with Gasteiger partial charge in [0.15, 0.2) is 0 Å². The highest BCUT2D eigenvalue weighted by Crippen LogP contribution is 2.34. The van der Waals surface area contributed by atoms with Crippen LogP contribution < -0.4 is 0 Å². The molecule has 0 aromatic carbocycles. The second-order valence-corrected chi connectivity index (χ2v) is 3.92. The number of Topliss-reactive ketones (excluding diaryl/α,β-unsaturated/α-hetero) is 1. The summed E-state index contributed by atoms with van der Waals surface area (Å²) in [4.78, 5) is 34.1. The minimum Gasteiger partial charge on any atom is -0.466 e. The Morgan fingerprint density at radius 3 is 2.56 bits per heavy atom. The van der Waals surface area contributed by atoms with E-state index in [0.29, 0.717) is 5.57 Å². The molecule has 0 radical (unpaired) electrons. The second-order valence-electron chi connectivity index (χ2n) is 3.92. The Bertz CT molecular complexity index is 371. The average molecular weight is 226 g/mol. The standard InChI is InChI=1S/C11H14O5/c1-6-5-8(7(2)12)9(13)16-11(6,3)10(14)15-4/h8H,1,5H2,2-4H3. The van der Waals surface area contributed by atoms with E-state index in [4.69, 9.17) is 4.74 Å². The van der Waals surface area contributed by atoms with E-state index in [9.17, 15) is 14.4 Å². The van der Waals surface area contributed by atoms with Gasteiger partial charge in [-0.25, -0.2) is 4.79 Å². The van der Waals surface area contributed by atoms with Crippen LogP contribution in [0.4, 0.5) is 0 Å². The number of ether oxygens (including phenoxy) is 2. The Balaban J connectivity index is 2.98. The molecular formula is C11H14O5. The summed E-state index contributed by atoms with van der Waals surface area (Å²) in [5.41, 5.74) is -1.10. The summed E-state index contributed by atoms with van der Waals surface area (Å²) in [6.45, 7) is 6.39. The summed E-state index contributed by atoms with van der Waals surface area (Å²) in [5.74, 6) is -2.54.